The molecule has 0 unspecified atom stereocenters. The molecule has 1 fully saturated rings. The van der Waals surface area contributed by atoms with Crippen molar-refractivity contribution in [2.24, 2.45) is 0 Å². The minimum atomic E-state index is -0.153. The van der Waals surface area contributed by atoms with Crippen molar-refractivity contribution in [1.82, 2.24) is 0 Å². The van der Waals surface area contributed by atoms with E-state index < -0.39 is 0 Å². The van der Waals surface area contributed by atoms with Gasteiger partial charge in [0.05, 0.1) is 19.3 Å². The van der Waals surface area contributed by atoms with Gasteiger partial charge in [-0.3, -0.25) is 4.79 Å². The summed E-state index contributed by atoms with van der Waals surface area (Å²) in [6, 6.07) is 22.5. The van der Waals surface area contributed by atoms with Crippen molar-refractivity contribution in [3.63, 3.8) is 0 Å². The normalized spacial score (nSPS) is 14.6. The molecule has 1 heterocycles. The number of hydrogen-bond acceptors (Lipinski definition) is 5. The second-order valence-corrected chi connectivity index (χ2v) is 7.26. The number of para-hydroxylation sites is 1. The van der Waals surface area contributed by atoms with E-state index in [0.29, 0.717) is 36.9 Å². The maximum atomic E-state index is 13.1. The molecule has 0 aromatic heterocycles. The van der Waals surface area contributed by atoms with Gasteiger partial charge >= 0.3 is 0 Å². The van der Waals surface area contributed by atoms with Gasteiger partial charge in [0.2, 0.25) is 0 Å². The highest BCUT2D eigenvalue weighted by Crippen LogP contribution is 2.29. The average Bonchev–Trinajstić information content (AvgIpc) is 3.66. The van der Waals surface area contributed by atoms with Gasteiger partial charge in [-0.2, -0.15) is 0 Å². The second-order valence-electron chi connectivity index (χ2n) is 7.26. The van der Waals surface area contributed by atoms with Crippen LogP contribution in [0.25, 0.3) is 0 Å². The van der Waals surface area contributed by atoms with Crippen LogP contribution in [0.3, 0.4) is 0 Å². The Morgan fingerprint density at radius 1 is 1.00 bits per heavy atom. The number of nitrogens with zero attached hydrogens (tertiary/aromatic N) is 1. The molecule has 1 atom stereocenters. The molecule has 3 aromatic rings. The Kier molecular flexibility index (Phi) is 6.38. The molecule has 1 amide bonds. The Hall–Kier alpha value is -3.51. The molecule has 0 radical (unpaired) electrons. The number of rotatable bonds is 9. The first-order chi connectivity index (χ1) is 15.1. The number of epoxide rings is 1. The smallest absolute Gasteiger partial charge is 0.261 e. The largest absolute Gasteiger partial charge is 0.497 e. The summed E-state index contributed by atoms with van der Waals surface area (Å²) in [6.07, 6.45) is 0.0821. The summed E-state index contributed by atoms with van der Waals surface area (Å²) in [4.78, 5) is 14.7. The van der Waals surface area contributed by atoms with E-state index in [1.54, 1.807) is 37.3 Å². The van der Waals surface area contributed by atoms with Gasteiger partial charge in [0.25, 0.3) is 5.91 Å². The van der Waals surface area contributed by atoms with Crippen LogP contribution in [0.1, 0.15) is 15.9 Å². The van der Waals surface area contributed by atoms with Crippen LogP contribution in [-0.4, -0.2) is 39.4 Å². The number of amides is 1. The van der Waals surface area contributed by atoms with E-state index >= 15 is 0 Å². The highest BCUT2D eigenvalue weighted by atomic mass is 16.6. The van der Waals surface area contributed by atoms with Crippen molar-refractivity contribution in [2.45, 2.75) is 12.7 Å². The lowest BCUT2D eigenvalue weighted by atomic mass is 10.1. The van der Waals surface area contributed by atoms with Crippen LogP contribution in [0.5, 0.6) is 17.2 Å². The molecule has 160 valence electrons. The van der Waals surface area contributed by atoms with Crippen molar-refractivity contribution in [2.75, 3.05) is 32.3 Å². The molecule has 0 aliphatic carbocycles. The molecule has 6 heteroatoms. The number of anilines is 1. The summed E-state index contributed by atoms with van der Waals surface area (Å²) in [6.45, 7) is 1.48. The lowest BCUT2D eigenvalue weighted by molar-refractivity contribution is 0.0988. The van der Waals surface area contributed by atoms with E-state index in [9.17, 15) is 4.79 Å². The molecule has 3 aromatic carbocycles. The van der Waals surface area contributed by atoms with Crippen LogP contribution >= 0.6 is 0 Å². The second kappa shape index (κ2) is 9.53. The zero-order valence-corrected chi connectivity index (χ0v) is 17.6. The third kappa shape index (κ3) is 5.35. The first-order valence-corrected chi connectivity index (χ1v) is 10.1. The van der Waals surface area contributed by atoms with Gasteiger partial charge in [-0.1, -0.05) is 30.3 Å². The number of methoxy groups -OCH3 is 1. The SMILES string of the molecule is COc1ccc(COc2ccc(C(=O)N(C)c3ccccc3)c(OC[C@@H]3CO3)c2)cc1. The average molecular weight is 419 g/mol. The highest BCUT2D eigenvalue weighted by molar-refractivity contribution is 6.07. The maximum Gasteiger partial charge on any atom is 0.261 e. The van der Waals surface area contributed by atoms with Gasteiger partial charge in [0.15, 0.2) is 0 Å². The van der Waals surface area contributed by atoms with Crippen LogP contribution < -0.4 is 19.1 Å². The minimum Gasteiger partial charge on any atom is -0.497 e. The summed E-state index contributed by atoms with van der Waals surface area (Å²) < 4.78 is 22.3. The molecular weight excluding hydrogens is 394 g/mol. The Labute approximate surface area is 181 Å². The van der Waals surface area contributed by atoms with E-state index in [1.807, 2.05) is 54.6 Å². The molecule has 1 aliphatic heterocycles. The van der Waals surface area contributed by atoms with Gasteiger partial charge in [0.1, 0.15) is 36.6 Å². The Balaban J connectivity index is 1.51. The number of benzene rings is 3. The van der Waals surface area contributed by atoms with Crippen LogP contribution in [0.4, 0.5) is 5.69 Å². The van der Waals surface area contributed by atoms with Crippen molar-refractivity contribution in [1.29, 1.82) is 0 Å². The van der Waals surface area contributed by atoms with Gasteiger partial charge in [-0.25, -0.2) is 0 Å². The highest BCUT2D eigenvalue weighted by Gasteiger charge is 2.25. The van der Waals surface area contributed by atoms with Crippen LogP contribution in [0, 0.1) is 0 Å². The van der Waals surface area contributed by atoms with Gasteiger partial charge < -0.3 is 23.8 Å². The van der Waals surface area contributed by atoms with Crippen molar-refractivity contribution < 1.29 is 23.7 Å². The van der Waals surface area contributed by atoms with Crippen molar-refractivity contribution >= 4 is 11.6 Å². The molecule has 6 nitrogen and oxygen atoms in total. The third-order valence-corrected chi connectivity index (χ3v) is 5.02. The molecule has 0 bridgehead atoms. The number of ether oxygens (including phenoxy) is 4. The summed E-state index contributed by atoms with van der Waals surface area (Å²) in [5, 5.41) is 0. The summed E-state index contributed by atoms with van der Waals surface area (Å²) >= 11 is 0. The standard InChI is InChI=1S/C25H25NO5/c1-26(19-6-4-3-5-7-19)25(27)23-13-12-21(14-24(23)31-17-22-16-30-22)29-15-18-8-10-20(28-2)11-9-18/h3-14,22H,15-17H2,1-2H3/t22-/m0/s1. The predicted octanol–water partition coefficient (Wildman–Crippen LogP) is 4.33. The number of carbonyl (C=O) groups is 1. The van der Waals surface area contributed by atoms with Crippen molar-refractivity contribution in [3.05, 3.63) is 83.9 Å². The van der Waals surface area contributed by atoms with E-state index in [0.717, 1.165) is 17.0 Å². The summed E-state index contributed by atoms with van der Waals surface area (Å²) in [7, 11) is 3.39. The predicted molar refractivity (Wildman–Crippen MR) is 118 cm³/mol. The quantitative estimate of drug-likeness (QED) is 0.483. The zero-order chi connectivity index (χ0) is 21.6. The molecule has 0 spiro atoms. The Morgan fingerprint density at radius 2 is 1.71 bits per heavy atom. The summed E-state index contributed by atoms with van der Waals surface area (Å²) in [5.41, 5.74) is 2.30. The maximum absolute atomic E-state index is 13.1. The molecular formula is C25H25NO5. The van der Waals surface area contributed by atoms with Crippen molar-refractivity contribution in [3.8, 4) is 17.2 Å². The first-order valence-electron chi connectivity index (χ1n) is 10.1. The monoisotopic (exact) mass is 419 g/mol. The third-order valence-electron chi connectivity index (χ3n) is 5.02. The van der Waals surface area contributed by atoms with Gasteiger partial charge in [0, 0.05) is 18.8 Å². The Bertz CT molecular complexity index is 1020. The lowest BCUT2D eigenvalue weighted by Gasteiger charge is -2.20. The Morgan fingerprint density at radius 3 is 2.39 bits per heavy atom. The van der Waals surface area contributed by atoms with Gasteiger partial charge in [-0.15, -0.1) is 0 Å². The van der Waals surface area contributed by atoms with Crippen LogP contribution in [0.2, 0.25) is 0 Å². The number of carbonyl (C=O) groups excluding carboxylic acids is 1. The summed E-state index contributed by atoms with van der Waals surface area (Å²) in [5.74, 6) is 1.75. The molecule has 1 saturated heterocycles. The molecule has 31 heavy (non-hydrogen) atoms. The molecule has 0 saturated carbocycles. The van der Waals surface area contributed by atoms with Crippen LogP contribution in [-0.2, 0) is 11.3 Å². The minimum absolute atomic E-state index is 0.0821. The van der Waals surface area contributed by atoms with E-state index in [4.69, 9.17) is 18.9 Å². The van der Waals surface area contributed by atoms with E-state index in [-0.39, 0.29) is 12.0 Å². The van der Waals surface area contributed by atoms with Gasteiger partial charge in [-0.05, 0) is 42.0 Å². The van der Waals surface area contributed by atoms with E-state index in [1.165, 1.54) is 0 Å². The zero-order valence-electron chi connectivity index (χ0n) is 17.6. The number of hydrogen-bond donors (Lipinski definition) is 0. The molecule has 0 N–H and O–H groups in total. The fraction of sp³-hybridized carbons (Fsp3) is 0.240. The molecule has 4 rings (SSSR count). The van der Waals surface area contributed by atoms with E-state index in [2.05, 4.69) is 0 Å². The first kappa shape index (κ1) is 20.8. The lowest BCUT2D eigenvalue weighted by Crippen LogP contribution is -2.27. The molecule has 1 aliphatic rings. The fourth-order valence-corrected chi connectivity index (χ4v) is 3.07. The fourth-order valence-electron chi connectivity index (χ4n) is 3.07. The van der Waals surface area contributed by atoms with Crippen LogP contribution in [0.15, 0.2) is 72.8 Å². The topological polar surface area (TPSA) is 60.5 Å².